The highest BCUT2D eigenvalue weighted by atomic mass is 32.2. The van der Waals surface area contributed by atoms with Gasteiger partial charge in [0.1, 0.15) is 5.71 Å². The highest BCUT2D eigenvalue weighted by Gasteiger charge is 2.23. The van der Waals surface area contributed by atoms with Crippen LogP contribution >= 0.6 is 0 Å². The monoisotopic (exact) mass is 410 g/mol. The van der Waals surface area contributed by atoms with E-state index in [1.54, 1.807) is 13.8 Å². The van der Waals surface area contributed by atoms with Gasteiger partial charge in [-0.15, -0.1) is 0 Å². The second kappa shape index (κ2) is 9.42. The molecule has 0 aliphatic carbocycles. The van der Waals surface area contributed by atoms with Gasteiger partial charge in [-0.3, -0.25) is 9.59 Å². The summed E-state index contributed by atoms with van der Waals surface area (Å²) in [7, 11) is -3.66. The lowest BCUT2D eigenvalue weighted by molar-refractivity contribution is -0.140. The minimum absolute atomic E-state index is 0.0275. The molecule has 0 atom stereocenters. The number of nitrogens with one attached hydrogen (secondary N) is 2. The van der Waals surface area contributed by atoms with E-state index in [0.717, 1.165) is 0 Å². The van der Waals surface area contributed by atoms with Crippen molar-refractivity contribution in [1.29, 1.82) is 0 Å². The Morgan fingerprint density at radius 1 is 1.25 bits per heavy atom. The molecular weight excluding hydrogens is 388 g/mol. The molecule has 0 radical (unpaired) electrons. The number of esters is 1. The average molecular weight is 410 g/mol. The van der Waals surface area contributed by atoms with Crippen molar-refractivity contribution in [2.45, 2.75) is 31.6 Å². The zero-order chi connectivity index (χ0) is 20.7. The number of sulfonamides is 1. The standard InChI is InChI=1S/C17H22N4O6S/c1-3-21(4-2)28(25,26)13-7-5-6-12(10-13)18-16(23)11-27-17(24)14-8-9-15(22)20-19-14/h5-7,10H,3-4,8-9,11H2,1-2H3,(H,18,23)(H,20,22). The van der Waals surface area contributed by atoms with Gasteiger partial charge in [0.25, 0.3) is 5.91 Å². The molecule has 0 bridgehead atoms. The number of ether oxygens (including phenoxy) is 1. The second-order valence-electron chi connectivity index (χ2n) is 5.83. The van der Waals surface area contributed by atoms with Crippen LogP contribution in [0.1, 0.15) is 26.7 Å². The summed E-state index contributed by atoms with van der Waals surface area (Å²) in [6.45, 7) is 3.57. The lowest BCUT2D eigenvalue weighted by Crippen LogP contribution is -2.32. The van der Waals surface area contributed by atoms with E-state index < -0.39 is 28.5 Å². The van der Waals surface area contributed by atoms with Crippen LogP contribution in [0.5, 0.6) is 0 Å². The van der Waals surface area contributed by atoms with E-state index in [2.05, 4.69) is 15.8 Å². The van der Waals surface area contributed by atoms with Crippen LogP contribution in [0.15, 0.2) is 34.3 Å². The van der Waals surface area contributed by atoms with Crippen LogP contribution in [-0.2, 0) is 29.1 Å². The maximum atomic E-state index is 12.5. The Morgan fingerprint density at radius 2 is 1.96 bits per heavy atom. The first-order valence-electron chi connectivity index (χ1n) is 8.70. The molecule has 1 aliphatic rings. The van der Waals surface area contributed by atoms with Gasteiger partial charge < -0.3 is 10.1 Å². The van der Waals surface area contributed by atoms with Crippen LogP contribution in [0.25, 0.3) is 0 Å². The Bertz CT molecular complexity index is 893. The maximum Gasteiger partial charge on any atom is 0.355 e. The van der Waals surface area contributed by atoms with Gasteiger partial charge in [0.2, 0.25) is 15.9 Å². The Hall–Kier alpha value is -2.79. The smallest absolute Gasteiger partial charge is 0.355 e. The molecule has 0 unspecified atom stereocenters. The van der Waals surface area contributed by atoms with Crippen LogP contribution in [-0.4, -0.2) is 55.9 Å². The van der Waals surface area contributed by atoms with Crippen molar-refractivity contribution in [1.82, 2.24) is 9.73 Å². The molecule has 1 aromatic carbocycles. The summed E-state index contributed by atoms with van der Waals surface area (Å²) >= 11 is 0. The summed E-state index contributed by atoms with van der Waals surface area (Å²) in [5.41, 5.74) is 2.45. The Kier molecular flexibility index (Phi) is 7.24. The van der Waals surface area contributed by atoms with Crippen LogP contribution in [0.3, 0.4) is 0 Å². The molecule has 0 aromatic heterocycles. The highest BCUT2D eigenvalue weighted by molar-refractivity contribution is 7.89. The minimum atomic E-state index is -3.66. The number of hydrogen-bond acceptors (Lipinski definition) is 7. The number of nitrogens with zero attached hydrogens (tertiary/aromatic N) is 2. The first-order chi connectivity index (χ1) is 13.3. The van der Waals surface area contributed by atoms with Crippen molar-refractivity contribution in [2.75, 3.05) is 25.0 Å². The lowest BCUT2D eigenvalue weighted by Gasteiger charge is -2.18. The topological polar surface area (TPSA) is 134 Å². The third-order valence-electron chi connectivity index (χ3n) is 3.94. The van der Waals surface area contributed by atoms with Crippen LogP contribution < -0.4 is 10.7 Å². The molecule has 1 aromatic rings. The average Bonchev–Trinajstić information content (AvgIpc) is 2.67. The van der Waals surface area contributed by atoms with Gasteiger partial charge in [0, 0.05) is 31.6 Å². The second-order valence-corrected chi connectivity index (χ2v) is 7.77. The normalized spacial score (nSPS) is 14.2. The third-order valence-corrected chi connectivity index (χ3v) is 5.98. The fourth-order valence-electron chi connectivity index (χ4n) is 2.48. The van der Waals surface area contributed by atoms with Gasteiger partial charge in [0.05, 0.1) is 4.90 Å². The van der Waals surface area contributed by atoms with E-state index in [9.17, 15) is 22.8 Å². The Morgan fingerprint density at radius 3 is 2.57 bits per heavy atom. The van der Waals surface area contributed by atoms with Crippen molar-refractivity contribution >= 4 is 39.2 Å². The lowest BCUT2D eigenvalue weighted by atomic mass is 10.2. The molecule has 0 fully saturated rings. The van der Waals surface area contributed by atoms with Gasteiger partial charge >= 0.3 is 5.97 Å². The molecule has 0 saturated heterocycles. The molecule has 0 saturated carbocycles. The van der Waals surface area contributed by atoms with Crippen LogP contribution in [0.2, 0.25) is 0 Å². The largest absolute Gasteiger partial charge is 0.451 e. The van der Waals surface area contributed by atoms with Crippen LogP contribution in [0.4, 0.5) is 5.69 Å². The molecule has 1 heterocycles. The number of carbonyl (C=O) groups is 3. The van der Waals surface area contributed by atoms with Gasteiger partial charge in [-0.05, 0) is 18.2 Å². The molecule has 2 N–H and O–H groups in total. The van der Waals surface area contributed by atoms with E-state index in [0.29, 0.717) is 13.1 Å². The quantitative estimate of drug-likeness (QED) is 0.598. The number of rotatable bonds is 8. The Balaban J connectivity index is 1.97. The molecule has 2 rings (SSSR count). The fourth-order valence-corrected chi connectivity index (χ4v) is 3.98. The molecule has 28 heavy (non-hydrogen) atoms. The predicted molar refractivity (Wildman–Crippen MR) is 101 cm³/mol. The molecular formula is C17H22N4O6S. The van der Waals surface area contributed by atoms with Gasteiger partial charge in [-0.25, -0.2) is 18.6 Å². The van der Waals surface area contributed by atoms with Crippen molar-refractivity contribution < 1.29 is 27.5 Å². The van der Waals surface area contributed by atoms with Crippen molar-refractivity contribution in [3.05, 3.63) is 24.3 Å². The van der Waals surface area contributed by atoms with Crippen molar-refractivity contribution in [3.8, 4) is 0 Å². The molecule has 10 nitrogen and oxygen atoms in total. The van der Waals surface area contributed by atoms with E-state index in [1.807, 2.05) is 0 Å². The number of benzene rings is 1. The number of carbonyl (C=O) groups excluding carboxylic acids is 3. The van der Waals surface area contributed by atoms with E-state index >= 15 is 0 Å². The van der Waals surface area contributed by atoms with Gasteiger partial charge in [0.15, 0.2) is 6.61 Å². The van der Waals surface area contributed by atoms with Gasteiger partial charge in [-0.1, -0.05) is 19.9 Å². The molecule has 11 heteroatoms. The van der Waals surface area contributed by atoms with Crippen molar-refractivity contribution in [2.24, 2.45) is 5.10 Å². The number of anilines is 1. The third kappa shape index (κ3) is 5.36. The maximum absolute atomic E-state index is 12.5. The van der Waals surface area contributed by atoms with E-state index in [1.165, 1.54) is 28.6 Å². The van der Waals surface area contributed by atoms with Gasteiger partial charge in [-0.2, -0.15) is 9.41 Å². The summed E-state index contributed by atoms with van der Waals surface area (Å²) in [5.74, 6) is -1.73. The number of amides is 2. The van der Waals surface area contributed by atoms with Crippen LogP contribution in [0, 0.1) is 0 Å². The SMILES string of the molecule is CCN(CC)S(=O)(=O)c1cccc(NC(=O)COC(=O)C2=NNC(=O)CC2)c1. The summed E-state index contributed by atoms with van der Waals surface area (Å²) in [5, 5.41) is 6.07. The predicted octanol–water partition coefficient (Wildman–Crippen LogP) is 0.465. The molecule has 2 amide bonds. The summed E-state index contributed by atoms with van der Waals surface area (Å²) < 4.78 is 31.3. The zero-order valence-corrected chi connectivity index (χ0v) is 16.4. The molecule has 1 aliphatic heterocycles. The fraction of sp³-hybridized carbons (Fsp3) is 0.412. The number of hydrogen-bond donors (Lipinski definition) is 2. The van der Waals surface area contributed by atoms with E-state index in [-0.39, 0.29) is 35.0 Å². The molecule has 152 valence electrons. The van der Waals surface area contributed by atoms with Crippen molar-refractivity contribution in [3.63, 3.8) is 0 Å². The summed E-state index contributed by atoms with van der Waals surface area (Å²) in [6, 6.07) is 5.83. The van der Waals surface area contributed by atoms with E-state index in [4.69, 9.17) is 4.74 Å². The minimum Gasteiger partial charge on any atom is -0.451 e. The first-order valence-corrected chi connectivity index (χ1v) is 10.1. The zero-order valence-electron chi connectivity index (χ0n) is 15.6. The number of hydrazone groups is 1. The Labute approximate surface area is 163 Å². The first kappa shape index (κ1) is 21.5. The molecule has 0 spiro atoms. The highest BCUT2D eigenvalue weighted by Crippen LogP contribution is 2.19. The summed E-state index contributed by atoms with van der Waals surface area (Å²) in [4.78, 5) is 34.9. The summed E-state index contributed by atoms with van der Waals surface area (Å²) in [6.07, 6.45) is 0.255.